The molecule has 0 aliphatic heterocycles. The fraction of sp³-hybridized carbons (Fsp3) is 0.186. The summed E-state index contributed by atoms with van der Waals surface area (Å²) in [5, 5.41) is 16.1. The molecule has 6 heterocycles. The van der Waals surface area contributed by atoms with Gasteiger partial charge in [0.05, 0.1) is 0 Å². The van der Waals surface area contributed by atoms with Crippen molar-refractivity contribution in [1.29, 1.82) is 0 Å². The summed E-state index contributed by atoms with van der Waals surface area (Å²) in [6.07, 6.45) is 11.1. The van der Waals surface area contributed by atoms with Gasteiger partial charge in [0.2, 0.25) is 18.4 Å². The number of hydrogen-bond acceptors (Lipinski definition) is 19. The molecule has 2 atom stereocenters. The number of nitrogens with zero attached hydrogens (tertiary/aromatic N) is 8. The number of nitrogens with two attached hydrogens (primary N) is 1. The number of pyridine rings is 6. The number of nitrogens with one attached hydrogen (secondary N) is 3. The van der Waals surface area contributed by atoms with E-state index in [9.17, 15) is 45.5 Å². The molecule has 0 aliphatic rings. The van der Waals surface area contributed by atoms with Gasteiger partial charge in [-0.3, -0.25) is 54.4 Å². The second-order valence-electron chi connectivity index (χ2n) is 19.6. The predicted octanol–water partition coefficient (Wildman–Crippen LogP) is 6.13. The number of aryl methyl sites for hydroxylation is 3. The average molecular weight is 1420 g/mol. The number of rotatable bonds is 17. The van der Waals surface area contributed by atoms with Crippen LogP contribution in [0.1, 0.15) is 85.1 Å². The molecule has 0 aliphatic carbocycles. The van der Waals surface area contributed by atoms with Gasteiger partial charge in [0.15, 0.2) is 0 Å². The van der Waals surface area contributed by atoms with E-state index in [1.807, 2.05) is 118 Å². The molecule has 0 bridgehead atoms. The smallest absolute Gasteiger partial charge is 1.00 e. The summed E-state index contributed by atoms with van der Waals surface area (Å²) >= 11 is 0. The van der Waals surface area contributed by atoms with Gasteiger partial charge in [-0.25, -0.2) is 11.4 Å². The van der Waals surface area contributed by atoms with Gasteiger partial charge in [-0.15, -0.1) is 0 Å². The zero-order chi connectivity index (χ0) is 74.6. The number of aliphatic carboxylic acids is 1. The number of carboxylic acid groups (broad SMARTS) is 1. The molecule has 102 heavy (non-hydrogen) atoms. The van der Waals surface area contributed by atoms with Crippen LogP contribution in [0, 0.1) is 27.3 Å². The minimum Gasteiger partial charge on any atom is -1.00 e. The normalized spacial score (nSPS) is 10.0. The molecule has 2 unspecified atom stereocenters. The third-order valence-corrected chi connectivity index (χ3v) is 12.4. The maximum absolute atomic E-state index is 13.5. The monoisotopic (exact) mass is 1420 g/mol. The number of halogens is 6. The van der Waals surface area contributed by atoms with E-state index in [0.29, 0.717) is 36.6 Å². The number of amides is 3. The average Bonchev–Trinajstić information content (AvgIpc) is 0.799. The molecule has 9 rings (SSSR count). The van der Waals surface area contributed by atoms with Gasteiger partial charge in [-0.2, -0.15) is 55.1 Å². The Balaban J connectivity index is -0.00000124. The van der Waals surface area contributed by atoms with Gasteiger partial charge < -0.3 is 32.6 Å². The molecule has 0 saturated heterocycles. The molecular weight excluding hydrogens is 1350 g/mol. The zero-order valence-corrected chi connectivity index (χ0v) is 57.2. The Labute approximate surface area is 607 Å². The Bertz CT molecular complexity index is 3930. The van der Waals surface area contributed by atoms with Crippen molar-refractivity contribution in [3.8, 4) is 0 Å². The summed E-state index contributed by atoms with van der Waals surface area (Å²) in [4.78, 5) is 133. The van der Waals surface area contributed by atoms with E-state index in [2.05, 4.69) is 50.7 Å². The summed E-state index contributed by atoms with van der Waals surface area (Å²) in [7, 11) is 0. The molecule has 24 nitrogen and oxygen atoms in total. The van der Waals surface area contributed by atoms with E-state index in [4.69, 9.17) is 51.0 Å². The molecule has 6 aromatic heterocycles. The first kappa shape index (κ1) is 92.4. The van der Waals surface area contributed by atoms with Crippen molar-refractivity contribution in [3.63, 3.8) is 0 Å². The zero-order valence-electron chi connectivity index (χ0n) is 56.2. The van der Waals surface area contributed by atoms with Crippen molar-refractivity contribution in [3.05, 3.63) is 298 Å². The van der Waals surface area contributed by atoms with Crippen LogP contribution in [-0.4, -0.2) is 109 Å². The van der Waals surface area contributed by atoms with E-state index in [0.717, 1.165) is 50.8 Å². The van der Waals surface area contributed by atoms with Crippen LogP contribution in [0.25, 0.3) is 4.85 Å². The molecule has 0 fully saturated rings. The van der Waals surface area contributed by atoms with Crippen molar-refractivity contribution < 1.29 is 115 Å². The summed E-state index contributed by atoms with van der Waals surface area (Å²) in [6.45, 7) is 14.2. The van der Waals surface area contributed by atoms with Crippen LogP contribution in [0.15, 0.2) is 220 Å². The second kappa shape index (κ2) is 54.2. The Morgan fingerprint density at radius 1 is 0.510 bits per heavy atom. The Hall–Kier alpha value is -11.7. The molecule has 3 radical (unpaired) electrons. The number of benzene rings is 3. The summed E-state index contributed by atoms with van der Waals surface area (Å²) in [5.41, 5.74) is 15.9. The van der Waals surface area contributed by atoms with Crippen molar-refractivity contribution in [2.45, 2.75) is 84.5 Å². The molecule has 0 spiro atoms. The van der Waals surface area contributed by atoms with Crippen molar-refractivity contribution >= 4 is 56.8 Å². The Morgan fingerprint density at radius 2 is 0.814 bits per heavy atom. The Kier molecular flexibility index (Phi) is 49.1. The number of aromatic nitrogens is 6. The van der Waals surface area contributed by atoms with Crippen LogP contribution in [-0.2, 0) is 87.2 Å². The maximum atomic E-state index is 13.5. The van der Waals surface area contributed by atoms with Crippen molar-refractivity contribution in [2.75, 3.05) is 0 Å². The van der Waals surface area contributed by atoms with Crippen LogP contribution >= 0.6 is 0 Å². The standard InChI is InChI=1S/C23H21F3N4O2.C21H22N4O.C8H8O.C7H6N2.C6H8N2.C2HF3O2.3CO2.B.Na.H/c1-16-2-4-19(5-3-16)20(21(31)29-14-17-6-10-27-11-7-17)30(22(32)23(24,25)26)15-18-8-12-28-13-9-18;1-16-2-4-19(5-3-16)20(24-14-17-6-10-22-11-7-17)21(26)25-15-18-8-12-23-13-9-18;1-7-2-4-8(6-9)5-3-7;1-8-6-7-2-4-9-5-3-7;7-5-6-1-3-8-4-2-6;3-2(4,5)1(6)7;3*2-1-3;;;/h2-13,20H,14-15H2,1H3,(H,29,31);2-13,20,24H,14-15H2,1H3,(H,25,26);2-6H,1H3;2-5H,6H2;1-4H,5,7H2;(H,6,7);;;;;;/q;;;;;;;;;;+1;-1. The number of alkyl halides is 6. The van der Waals surface area contributed by atoms with Gasteiger partial charge in [0.1, 0.15) is 18.4 Å². The third kappa shape index (κ3) is 40.9. The van der Waals surface area contributed by atoms with E-state index >= 15 is 0 Å². The fourth-order valence-electron chi connectivity index (χ4n) is 7.51. The third-order valence-electron chi connectivity index (χ3n) is 12.4. The van der Waals surface area contributed by atoms with E-state index in [1.165, 1.54) is 35.7 Å². The minimum atomic E-state index is -5.15. The number of hydrogen-bond donors (Lipinski definition) is 5. The van der Waals surface area contributed by atoms with Gasteiger partial charge in [-0.1, -0.05) is 89.5 Å². The van der Waals surface area contributed by atoms with Crippen LogP contribution in [0.4, 0.5) is 26.3 Å². The van der Waals surface area contributed by atoms with Crippen LogP contribution in [0.5, 0.6) is 0 Å². The molecule has 525 valence electrons. The summed E-state index contributed by atoms with van der Waals surface area (Å²) < 4.78 is 72.3. The van der Waals surface area contributed by atoms with Crippen LogP contribution in [0.2, 0.25) is 0 Å². The quantitative estimate of drug-likeness (QED) is 0.0296. The molecular formula is C70H67BF6N12NaO12. The molecule has 9 aromatic rings. The molecule has 6 N–H and O–H groups in total. The first-order chi connectivity index (χ1) is 47.8. The first-order valence-electron chi connectivity index (χ1n) is 28.8. The van der Waals surface area contributed by atoms with Gasteiger partial charge >= 0.3 is 72.2 Å². The van der Waals surface area contributed by atoms with Crippen molar-refractivity contribution in [1.82, 2.24) is 50.8 Å². The molecule has 3 aromatic carbocycles. The van der Waals surface area contributed by atoms with Crippen LogP contribution < -0.4 is 51.2 Å². The maximum Gasteiger partial charge on any atom is 1.00 e. The SMILES string of the molecule is Cc1ccc(C(C(=O)NCc2ccncc2)N(Cc2ccncc2)C(=O)C(F)(F)F)cc1.Cc1ccc(C(NCc2ccncc2)C(=O)NCc2ccncc2)cc1.Cc1ccc(C=O)cc1.NCc1ccncc1.O=C(O)C(F)(F)F.O=C=O.O=C=O.O=C=O.[B].[C-]#[N+]Cc1ccncc1.[H-].[Na+]. The second-order valence-corrected chi connectivity index (χ2v) is 19.6. The molecule has 3 amide bonds. The van der Waals surface area contributed by atoms with Gasteiger partial charge in [0, 0.05) is 127 Å². The van der Waals surface area contributed by atoms with E-state index in [-0.39, 0.29) is 75.9 Å². The summed E-state index contributed by atoms with van der Waals surface area (Å²) in [6, 6.07) is 41.5. The first-order valence-corrected chi connectivity index (χ1v) is 28.8. The van der Waals surface area contributed by atoms with Crippen molar-refractivity contribution in [2.24, 2.45) is 5.73 Å². The number of carboxylic acids is 1. The largest absolute Gasteiger partial charge is 1.00 e. The molecule has 0 saturated carbocycles. The van der Waals surface area contributed by atoms with Gasteiger partial charge in [0.25, 0.3) is 0 Å². The number of carbonyl (C=O) groups excluding carboxylic acids is 10. The molecule has 32 heteroatoms. The number of carbonyl (C=O) groups is 5. The van der Waals surface area contributed by atoms with Crippen LogP contribution in [0.3, 0.4) is 0 Å². The Morgan fingerprint density at radius 3 is 1.13 bits per heavy atom. The topological polar surface area (TPSA) is 355 Å². The van der Waals surface area contributed by atoms with E-state index in [1.54, 1.807) is 98.4 Å². The summed E-state index contributed by atoms with van der Waals surface area (Å²) in [5.74, 6) is -5.64. The van der Waals surface area contributed by atoms with E-state index < -0.39 is 48.8 Å². The fourth-order valence-corrected chi connectivity index (χ4v) is 7.51. The predicted molar refractivity (Wildman–Crippen MR) is 351 cm³/mol. The number of aldehydes is 1. The van der Waals surface area contributed by atoms with Gasteiger partial charge in [-0.05, 0) is 133 Å². The minimum absolute atomic E-state index is 0.